The molecular weight excluding hydrogens is 436 g/mol. The maximum atomic E-state index is 13.3. The van der Waals surface area contributed by atoms with Crippen molar-refractivity contribution in [3.63, 3.8) is 0 Å². The maximum Gasteiger partial charge on any atom is 0.258 e. The summed E-state index contributed by atoms with van der Waals surface area (Å²) >= 11 is 7.64. The van der Waals surface area contributed by atoms with Gasteiger partial charge in [-0.15, -0.1) is 11.8 Å². The monoisotopic (exact) mass is 456 g/mol. The summed E-state index contributed by atoms with van der Waals surface area (Å²) in [6.45, 7) is 1.83. The van der Waals surface area contributed by atoms with Gasteiger partial charge in [0.25, 0.3) is 5.91 Å². The van der Waals surface area contributed by atoms with Gasteiger partial charge in [0.05, 0.1) is 36.1 Å². The van der Waals surface area contributed by atoms with Gasteiger partial charge in [-0.3, -0.25) is 9.59 Å². The zero-order valence-electron chi connectivity index (χ0n) is 17.0. The van der Waals surface area contributed by atoms with Crippen LogP contribution in [0, 0.1) is 6.92 Å². The average Bonchev–Trinajstić information content (AvgIpc) is 3.41. The molecule has 0 bridgehead atoms. The number of hydrogen-bond acceptors (Lipinski definition) is 5. The van der Waals surface area contributed by atoms with Gasteiger partial charge in [-0.05, 0) is 49.4 Å². The van der Waals surface area contributed by atoms with Crippen LogP contribution < -0.4 is 10.1 Å². The van der Waals surface area contributed by atoms with Gasteiger partial charge in [-0.2, -0.15) is 5.10 Å². The molecule has 1 aromatic heterocycles. The molecule has 31 heavy (non-hydrogen) atoms. The van der Waals surface area contributed by atoms with Crippen molar-refractivity contribution in [1.82, 2.24) is 14.7 Å². The molecule has 1 aliphatic rings. The number of amides is 2. The molecule has 2 aromatic carbocycles. The van der Waals surface area contributed by atoms with E-state index in [9.17, 15) is 9.59 Å². The SMILES string of the molecule is COc1ccc(NC(=O)C2CSCN2C(=O)c2cnn(-c3cccc(Cl)c3)c2C)cc1. The van der Waals surface area contributed by atoms with Crippen LogP contribution in [0.3, 0.4) is 0 Å². The van der Waals surface area contributed by atoms with E-state index in [0.29, 0.717) is 39.3 Å². The second-order valence-electron chi connectivity index (χ2n) is 7.04. The number of anilines is 1. The highest BCUT2D eigenvalue weighted by Crippen LogP contribution is 2.26. The number of hydrogen-bond donors (Lipinski definition) is 1. The molecule has 9 heteroatoms. The van der Waals surface area contributed by atoms with Crippen molar-refractivity contribution in [3.8, 4) is 11.4 Å². The number of carbonyl (C=O) groups is 2. The largest absolute Gasteiger partial charge is 0.497 e. The van der Waals surface area contributed by atoms with E-state index < -0.39 is 6.04 Å². The molecule has 1 fully saturated rings. The molecule has 0 radical (unpaired) electrons. The van der Waals surface area contributed by atoms with Gasteiger partial charge >= 0.3 is 0 Å². The Morgan fingerprint density at radius 2 is 2.00 bits per heavy atom. The Bertz CT molecular complexity index is 1120. The van der Waals surface area contributed by atoms with Crippen molar-refractivity contribution >= 4 is 40.9 Å². The number of aromatic nitrogens is 2. The van der Waals surface area contributed by atoms with Gasteiger partial charge < -0.3 is 15.0 Å². The van der Waals surface area contributed by atoms with Gasteiger partial charge in [0.15, 0.2) is 0 Å². The molecule has 2 heterocycles. The molecule has 1 atom stereocenters. The Labute approximate surface area is 189 Å². The summed E-state index contributed by atoms with van der Waals surface area (Å²) in [4.78, 5) is 27.7. The molecule has 1 N–H and O–H groups in total. The fourth-order valence-corrected chi connectivity index (χ4v) is 4.74. The van der Waals surface area contributed by atoms with Gasteiger partial charge in [0.1, 0.15) is 11.8 Å². The summed E-state index contributed by atoms with van der Waals surface area (Å²) in [5.41, 5.74) is 2.58. The summed E-state index contributed by atoms with van der Waals surface area (Å²) < 4.78 is 6.81. The molecule has 2 amide bonds. The van der Waals surface area contributed by atoms with Gasteiger partial charge in [-0.25, -0.2) is 4.68 Å². The molecule has 160 valence electrons. The van der Waals surface area contributed by atoms with Crippen LogP contribution in [-0.2, 0) is 4.79 Å². The van der Waals surface area contributed by atoms with Crippen molar-refractivity contribution in [2.45, 2.75) is 13.0 Å². The van der Waals surface area contributed by atoms with Gasteiger partial charge in [0.2, 0.25) is 5.91 Å². The van der Waals surface area contributed by atoms with Crippen LogP contribution in [-0.4, -0.2) is 51.3 Å². The minimum atomic E-state index is -0.562. The zero-order valence-corrected chi connectivity index (χ0v) is 18.6. The molecule has 1 aliphatic heterocycles. The number of nitrogens with zero attached hydrogens (tertiary/aromatic N) is 3. The van der Waals surface area contributed by atoms with E-state index in [0.717, 1.165) is 5.69 Å². The minimum Gasteiger partial charge on any atom is -0.497 e. The lowest BCUT2D eigenvalue weighted by molar-refractivity contribution is -0.119. The molecule has 0 spiro atoms. The number of rotatable bonds is 5. The lowest BCUT2D eigenvalue weighted by atomic mass is 10.2. The van der Waals surface area contributed by atoms with Crippen molar-refractivity contribution in [2.24, 2.45) is 0 Å². The van der Waals surface area contributed by atoms with E-state index >= 15 is 0 Å². The number of halogens is 1. The second-order valence-corrected chi connectivity index (χ2v) is 8.48. The molecule has 1 unspecified atom stereocenters. The third-order valence-corrected chi connectivity index (χ3v) is 6.34. The van der Waals surface area contributed by atoms with E-state index in [1.807, 2.05) is 19.1 Å². The van der Waals surface area contributed by atoms with E-state index in [1.54, 1.807) is 71.0 Å². The predicted molar refractivity (Wildman–Crippen MR) is 122 cm³/mol. The van der Waals surface area contributed by atoms with Crippen LogP contribution in [0.2, 0.25) is 5.02 Å². The molecule has 7 nitrogen and oxygen atoms in total. The Kier molecular flexibility index (Phi) is 6.20. The number of carbonyl (C=O) groups excluding carboxylic acids is 2. The maximum absolute atomic E-state index is 13.3. The standard InChI is InChI=1S/C22H21ClN4O3S/c1-14-19(11-24-27(14)17-5-3-4-15(23)10-17)22(29)26-13-31-12-20(26)21(28)25-16-6-8-18(30-2)9-7-16/h3-11,20H,12-13H2,1-2H3,(H,25,28). The normalized spacial score (nSPS) is 15.7. The third kappa shape index (κ3) is 4.40. The zero-order chi connectivity index (χ0) is 22.0. The fraction of sp³-hybridized carbons (Fsp3) is 0.227. The Balaban J connectivity index is 1.52. The fourth-order valence-electron chi connectivity index (χ4n) is 3.40. The Morgan fingerprint density at radius 1 is 1.23 bits per heavy atom. The highest BCUT2D eigenvalue weighted by atomic mass is 35.5. The molecule has 4 rings (SSSR count). The van der Waals surface area contributed by atoms with E-state index in [4.69, 9.17) is 16.3 Å². The summed E-state index contributed by atoms with van der Waals surface area (Å²) in [5.74, 6) is 1.25. The van der Waals surface area contributed by atoms with Gasteiger partial charge in [-0.1, -0.05) is 17.7 Å². The molecule has 3 aromatic rings. The average molecular weight is 457 g/mol. The van der Waals surface area contributed by atoms with Crippen LogP contribution in [0.5, 0.6) is 5.75 Å². The Hall–Kier alpha value is -2.97. The van der Waals surface area contributed by atoms with E-state index in [1.165, 1.54) is 0 Å². The van der Waals surface area contributed by atoms with Crippen LogP contribution in [0.4, 0.5) is 5.69 Å². The van der Waals surface area contributed by atoms with Crippen molar-refractivity contribution < 1.29 is 14.3 Å². The van der Waals surface area contributed by atoms with Crippen molar-refractivity contribution in [3.05, 3.63) is 71.0 Å². The van der Waals surface area contributed by atoms with Crippen LogP contribution >= 0.6 is 23.4 Å². The summed E-state index contributed by atoms with van der Waals surface area (Å²) in [6.07, 6.45) is 1.54. The smallest absolute Gasteiger partial charge is 0.258 e. The minimum absolute atomic E-state index is 0.217. The predicted octanol–water partition coefficient (Wildman–Crippen LogP) is 4.00. The van der Waals surface area contributed by atoms with E-state index in [2.05, 4.69) is 10.4 Å². The van der Waals surface area contributed by atoms with Crippen LogP contribution in [0.15, 0.2) is 54.7 Å². The first-order valence-corrected chi connectivity index (χ1v) is 11.2. The van der Waals surface area contributed by atoms with Crippen molar-refractivity contribution in [1.29, 1.82) is 0 Å². The molecule has 0 aliphatic carbocycles. The summed E-state index contributed by atoms with van der Waals surface area (Å²) in [7, 11) is 1.59. The molecule has 0 saturated carbocycles. The van der Waals surface area contributed by atoms with Crippen molar-refractivity contribution in [2.75, 3.05) is 24.1 Å². The lowest BCUT2D eigenvalue weighted by Gasteiger charge is -2.23. The first-order valence-electron chi connectivity index (χ1n) is 9.62. The number of benzene rings is 2. The van der Waals surface area contributed by atoms with E-state index in [-0.39, 0.29) is 11.8 Å². The third-order valence-electron chi connectivity index (χ3n) is 5.10. The number of methoxy groups -OCH3 is 1. The van der Waals surface area contributed by atoms with Gasteiger partial charge in [0, 0.05) is 16.5 Å². The quantitative estimate of drug-likeness (QED) is 0.628. The molecular formula is C22H21ClN4O3S. The Morgan fingerprint density at radius 3 is 2.71 bits per heavy atom. The van der Waals surface area contributed by atoms with Crippen LogP contribution in [0.1, 0.15) is 16.1 Å². The lowest BCUT2D eigenvalue weighted by Crippen LogP contribution is -2.44. The molecule has 1 saturated heterocycles. The highest BCUT2D eigenvalue weighted by molar-refractivity contribution is 7.99. The first-order chi connectivity index (χ1) is 15.0. The summed E-state index contributed by atoms with van der Waals surface area (Å²) in [6, 6.07) is 13.8. The highest BCUT2D eigenvalue weighted by Gasteiger charge is 2.36. The second kappa shape index (κ2) is 9.03. The topological polar surface area (TPSA) is 76.5 Å². The first kappa shape index (κ1) is 21.3. The number of thioether (sulfide) groups is 1. The number of ether oxygens (including phenoxy) is 1. The number of nitrogens with one attached hydrogen (secondary N) is 1. The summed E-state index contributed by atoms with van der Waals surface area (Å²) in [5, 5.41) is 7.84. The van der Waals surface area contributed by atoms with Crippen LogP contribution in [0.25, 0.3) is 5.69 Å².